The predicted molar refractivity (Wildman–Crippen MR) is 63.5 cm³/mol. The molecule has 84 valence electrons. The first-order valence-corrected chi connectivity index (χ1v) is 6.20. The first kappa shape index (κ1) is 12.0. The van der Waals surface area contributed by atoms with Gasteiger partial charge in [0.05, 0.1) is 0 Å². The summed E-state index contributed by atoms with van der Waals surface area (Å²) in [6.45, 7) is 14.3. The quantitative estimate of drug-likeness (QED) is 0.654. The molecule has 2 atom stereocenters. The van der Waals surface area contributed by atoms with Gasteiger partial charge in [-0.05, 0) is 45.6 Å². The van der Waals surface area contributed by atoms with Gasteiger partial charge in [-0.15, -0.1) is 0 Å². The van der Waals surface area contributed by atoms with E-state index in [2.05, 4.69) is 39.5 Å². The van der Waals surface area contributed by atoms with Crippen molar-refractivity contribution < 1.29 is 0 Å². The summed E-state index contributed by atoms with van der Waals surface area (Å²) in [5.41, 5.74) is 0.367. The zero-order valence-electron chi connectivity index (χ0n) is 10.6. The Morgan fingerprint density at radius 2 is 1.93 bits per heavy atom. The van der Waals surface area contributed by atoms with Crippen LogP contribution in [-0.4, -0.2) is 23.5 Å². The molecule has 1 rings (SSSR count). The molecule has 1 aliphatic rings. The fourth-order valence-electron chi connectivity index (χ4n) is 2.60. The van der Waals surface area contributed by atoms with Gasteiger partial charge >= 0.3 is 0 Å². The summed E-state index contributed by atoms with van der Waals surface area (Å²) < 4.78 is 0. The Hall–Kier alpha value is -0.0400. The molecular weight excluding hydrogens is 170 g/mol. The highest BCUT2D eigenvalue weighted by Crippen LogP contribution is 2.30. The molecule has 0 aromatic heterocycles. The van der Waals surface area contributed by atoms with Crippen LogP contribution in [0.15, 0.2) is 0 Å². The minimum absolute atomic E-state index is 0.367. The summed E-state index contributed by atoms with van der Waals surface area (Å²) in [5.74, 6) is 1.88. The van der Waals surface area contributed by atoms with Gasteiger partial charge in [-0.3, -0.25) is 4.90 Å². The Balaban J connectivity index is 2.46. The average molecular weight is 197 g/mol. The highest BCUT2D eigenvalue weighted by atomic mass is 15.2. The van der Waals surface area contributed by atoms with Crippen LogP contribution in [0.1, 0.15) is 53.9 Å². The van der Waals surface area contributed by atoms with Crippen molar-refractivity contribution in [3.05, 3.63) is 0 Å². The second-order valence-corrected chi connectivity index (χ2v) is 5.93. The van der Waals surface area contributed by atoms with Crippen LogP contribution in [0, 0.1) is 11.8 Å². The highest BCUT2D eigenvalue weighted by molar-refractivity contribution is 4.84. The number of piperidine rings is 1. The van der Waals surface area contributed by atoms with Crippen LogP contribution >= 0.6 is 0 Å². The minimum Gasteiger partial charge on any atom is -0.298 e. The average Bonchev–Trinajstić information content (AvgIpc) is 2.07. The van der Waals surface area contributed by atoms with E-state index in [4.69, 9.17) is 0 Å². The van der Waals surface area contributed by atoms with Gasteiger partial charge in [-0.1, -0.05) is 26.7 Å². The van der Waals surface area contributed by atoms with Crippen molar-refractivity contribution in [3.63, 3.8) is 0 Å². The van der Waals surface area contributed by atoms with E-state index in [-0.39, 0.29) is 0 Å². The van der Waals surface area contributed by atoms with Crippen LogP contribution in [0.25, 0.3) is 0 Å². The van der Waals surface area contributed by atoms with Gasteiger partial charge in [-0.25, -0.2) is 0 Å². The molecule has 0 saturated carbocycles. The Labute approximate surface area is 89.9 Å². The lowest BCUT2D eigenvalue weighted by Gasteiger charge is -2.44. The first-order valence-electron chi connectivity index (χ1n) is 6.20. The van der Waals surface area contributed by atoms with Gasteiger partial charge in [0.15, 0.2) is 0 Å². The van der Waals surface area contributed by atoms with E-state index >= 15 is 0 Å². The number of hydrogen-bond donors (Lipinski definition) is 0. The van der Waals surface area contributed by atoms with Gasteiger partial charge < -0.3 is 0 Å². The van der Waals surface area contributed by atoms with Gasteiger partial charge in [-0.2, -0.15) is 0 Å². The van der Waals surface area contributed by atoms with Crippen molar-refractivity contribution in [1.29, 1.82) is 0 Å². The van der Waals surface area contributed by atoms with Gasteiger partial charge in [0.1, 0.15) is 0 Å². The molecule has 1 fully saturated rings. The van der Waals surface area contributed by atoms with Gasteiger partial charge in [0.2, 0.25) is 0 Å². The summed E-state index contributed by atoms with van der Waals surface area (Å²) >= 11 is 0. The lowest BCUT2D eigenvalue weighted by molar-refractivity contribution is 0.0502. The molecule has 0 radical (unpaired) electrons. The van der Waals surface area contributed by atoms with Crippen molar-refractivity contribution in [2.45, 2.75) is 59.4 Å². The predicted octanol–water partition coefficient (Wildman–Crippen LogP) is 3.54. The number of nitrogens with zero attached hydrogens (tertiary/aromatic N) is 1. The zero-order chi connectivity index (χ0) is 10.8. The zero-order valence-corrected chi connectivity index (χ0v) is 10.6. The van der Waals surface area contributed by atoms with Crippen LogP contribution in [0.2, 0.25) is 0 Å². The molecule has 1 heterocycles. The standard InChI is InChI=1S/C13H27N/c1-6-7-12-8-9-14(10-11(12)2)13(3,4)5/h11-12H,6-10H2,1-5H3. The van der Waals surface area contributed by atoms with Crippen LogP contribution in [0.3, 0.4) is 0 Å². The molecule has 0 spiro atoms. The van der Waals surface area contributed by atoms with Gasteiger partial charge in [0, 0.05) is 12.1 Å². The molecule has 0 aromatic rings. The molecule has 1 nitrogen and oxygen atoms in total. The van der Waals surface area contributed by atoms with E-state index < -0.39 is 0 Å². The Kier molecular flexibility index (Phi) is 4.00. The van der Waals surface area contributed by atoms with E-state index in [0.29, 0.717) is 5.54 Å². The van der Waals surface area contributed by atoms with Crippen LogP contribution in [0.4, 0.5) is 0 Å². The van der Waals surface area contributed by atoms with E-state index in [1.54, 1.807) is 0 Å². The lowest BCUT2D eigenvalue weighted by atomic mass is 9.82. The normalized spacial score (nSPS) is 30.6. The summed E-state index contributed by atoms with van der Waals surface area (Å²) in [4.78, 5) is 2.64. The monoisotopic (exact) mass is 197 g/mol. The van der Waals surface area contributed by atoms with E-state index in [1.165, 1.54) is 32.4 Å². The third-order valence-electron chi connectivity index (χ3n) is 3.69. The molecular formula is C13H27N. The maximum absolute atomic E-state index is 2.64. The van der Waals surface area contributed by atoms with Crippen molar-refractivity contribution in [2.24, 2.45) is 11.8 Å². The molecule has 1 heteroatoms. The first-order chi connectivity index (χ1) is 6.45. The van der Waals surface area contributed by atoms with E-state index in [0.717, 1.165) is 11.8 Å². The smallest absolute Gasteiger partial charge is 0.0125 e. The van der Waals surface area contributed by atoms with Crippen molar-refractivity contribution >= 4 is 0 Å². The molecule has 0 N–H and O–H groups in total. The lowest BCUT2D eigenvalue weighted by Crippen LogP contribution is -2.49. The number of rotatable bonds is 2. The molecule has 1 saturated heterocycles. The molecule has 2 unspecified atom stereocenters. The van der Waals surface area contributed by atoms with Crippen molar-refractivity contribution in [3.8, 4) is 0 Å². The summed E-state index contributed by atoms with van der Waals surface area (Å²) in [5, 5.41) is 0. The number of likely N-dealkylation sites (tertiary alicyclic amines) is 1. The van der Waals surface area contributed by atoms with Crippen molar-refractivity contribution in [1.82, 2.24) is 4.90 Å². The fraction of sp³-hybridized carbons (Fsp3) is 1.00. The van der Waals surface area contributed by atoms with Gasteiger partial charge in [0.25, 0.3) is 0 Å². The van der Waals surface area contributed by atoms with E-state index in [1.807, 2.05) is 0 Å². The highest BCUT2D eigenvalue weighted by Gasteiger charge is 2.30. The number of hydrogen-bond acceptors (Lipinski definition) is 1. The summed E-state index contributed by atoms with van der Waals surface area (Å²) in [7, 11) is 0. The molecule has 0 bridgehead atoms. The third-order valence-corrected chi connectivity index (χ3v) is 3.69. The van der Waals surface area contributed by atoms with Crippen LogP contribution in [-0.2, 0) is 0 Å². The largest absolute Gasteiger partial charge is 0.298 e. The third kappa shape index (κ3) is 2.98. The molecule has 14 heavy (non-hydrogen) atoms. The van der Waals surface area contributed by atoms with Crippen LogP contribution < -0.4 is 0 Å². The van der Waals surface area contributed by atoms with Crippen molar-refractivity contribution in [2.75, 3.05) is 13.1 Å². The SMILES string of the molecule is CCCC1CCN(C(C)(C)C)CC1C. The minimum atomic E-state index is 0.367. The topological polar surface area (TPSA) is 3.24 Å². The second kappa shape index (κ2) is 4.65. The second-order valence-electron chi connectivity index (χ2n) is 5.93. The maximum Gasteiger partial charge on any atom is 0.0125 e. The van der Waals surface area contributed by atoms with E-state index in [9.17, 15) is 0 Å². The molecule has 0 aliphatic carbocycles. The molecule has 1 aliphatic heterocycles. The maximum atomic E-state index is 2.64. The summed E-state index contributed by atoms with van der Waals surface area (Å²) in [6.07, 6.45) is 4.19. The Morgan fingerprint density at radius 3 is 2.36 bits per heavy atom. The molecule has 0 amide bonds. The summed E-state index contributed by atoms with van der Waals surface area (Å²) in [6, 6.07) is 0. The van der Waals surface area contributed by atoms with Crippen LogP contribution in [0.5, 0.6) is 0 Å². The fourth-order valence-corrected chi connectivity index (χ4v) is 2.60. The Morgan fingerprint density at radius 1 is 1.29 bits per heavy atom. The molecule has 0 aromatic carbocycles. The Bertz CT molecular complexity index is 169.